The SMILES string of the molecule is CCCP(=O)(c1ccc(N)cc1)c1ccc(N)cc1. The molecule has 0 saturated carbocycles. The topological polar surface area (TPSA) is 69.1 Å². The summed E-state index contributed by atoms with van der Waals surface area (Å²) in [4.78, 5) is 0. The average Bonchev–Trinajstić information content (AvgIpc) is 2.40. The summed E-state index contributed by atoms with van der Waals surface area (Å²) in [6.07, 6.45) is 1.52. The second kappa shape index (κ2) is 5.50. The van der Waals surface area contributed by atoms with Gasteiger partial charge in [-0.15, -0.1) is 0 Å². The first kappa shape index (κ1) is 13.7. The van der Waals surface area contributed by atoms with Gasteiger partial charge in [-0.1, -0.05) is 6.92 Å². The number of hydrogen-bond acceptors (Lipinski definition) is 3. The van der Waals surface area contributed by atoms with Gasteiger partial charge in [0.15, 0.2) is 0 Å². The molecular formula is C15H19N2OP. The smallest absolute Gasteiger partial charge is 0.143 e. The van der Waals surface area contributed by atoms with Crippen molar-refractivity contribution in [2.45, 2.75) is 13.3 Å². The molecule has 0 aliphatic heterocycles. The van der Waals surface area contributed by atoms with E-state index < -0.39 is 7.14 Å². The predicted octanol–water partition coefficient (Wildman–Crippen LogP) is 2.57. The van der Waals surface area contributed by atoms with Crippen LogP contribution in [0.1, 0.15) is 13.3 Å². The summed E-state index contributed by atoms with van der Waals surface area (Å²) < 4.78 is 13.4. The first-order chi connectivity index (χ1) is 9.06. The molecule has 3 nitrogen and oxygen atoms in total. The summed E-state index contributed by atoms with van der Waals surface area (Å²) in [6.45, 7) is 2.04. The standard InChI is InChI=1S/C15H19N2OP/c1-2-11-19(18,14-7-3-12(16)4-8-14)15-9-5-13(17)6-10-15/h3-10H,2,11,16-17H2,1H3. The zero-order valence-electron chi connectivity index (χ0n) is 11.0. The van der Waals surface area contributed by atoms with Crippen LogP contribution in [0.25, 0.3) is 0 Å². The van der Waals surface area contributed by atoms with E-state index in [0.717, 1.165) is 17.0 Å². The van der Waals surface area contributed by atoms with Gasteiger partial charge < -0.3 is 16.0 Å². The van der Waals surface area contributed by atoms with E-state index in [-0.39, 0.29) is 0 Å². The average molecular weight is 274 g/mol. The third kappa shape index (κ3) is 2.82. The molecule has 0 spiro atoms. The minimum absolute atomic E-state index is 0.654. The summed E-state index contributed by atoms with van der Waals surface area (Å²) >= 11 is 0. The van der Waals surface area contributed by atoms with Crippen molar-refractivity contribution < 1.29 is 4.57 Å². The lowest BCUT2D eigenvalue weighted by Gasteiger charge is -2.19. The Labute approximate surface area is 114 Å². The van der Waals surface area contributed by atoms with E-state index in [1.54, 1.807) is 24.3 Å². The monoisotopic (exact) mass is 274 g/mol. The number of rotatable bonds is 4. The second-order valence-electron chi connectivity index (χ2n) is 4.65. The van der Waals surface area contributed by atoms with Crippen molar-refractivity contribution in [2.75, 3.05) is 17.6 Å². The second-order valence-corrected chi connectivity index (χ2v) is 7.61. The summed E-state index contributed by atoms with van der Waals surface area (Å²) in [5.74, 6) is 0. The maximum Gasteiger partial charge on any atom is 0.143 e. The van der Waals surface area contributed by atoms with E-state index in [1.165, 1.54) is 0 Å². The number of hydrogen-bond donors (Lipinski definition) is 2. The van der Waals surface area contributed by atoms with Crippen molar-refractivity contribution >= 4 is 29.1 Å². The molecule has 0 aliphatic rings. The predicted molar refractivity (Wildman–Crippen MR) is 83.7 cm³/mol. The van der Waals surface area contributed by atoms with Gasteiger partial charge in [0.05, 0.1) is 0 Å². The van der Waals surface area contributed by atoms with Crippen LogP contribution < -0.4 is 22.1 Å². The van der Waals surface area contributed by atoms with Gasteiger partial charge in [-0.25, -0.2) is 0 Å². The molecule has 4 heteroatoms. The lowest BCUT2D eigenvalue weighted by molar-refractivity contribution is 0.586. The molecule has 19 heavy (non-hydrogen) atoms. The molecule has 4 N–H and O–H groups in total. The Hall–Kier alpha value is -1.73. The highest BCUT2D eigenvalue weighted by molar-refractivity contribution is 7.78. The van der Waals surface area contributed by atoms with Crippen molar-refractivity contribution in [3.05, 3.63) is 48.5 Å². The Morgan fingerprint density at radius 1 is 0.842 bits per heavy atom. The van der Waals surface area contributed by atoms with E-state index in [2.05, 4.69) is 0 Å². The van der Waals surface area contributed by atoms with E-state index in [1.807, 2.05) is 31.2 Å². The lowest BCUT2D eigenvalue weighted by Crippen LogP contribution is -2.18. The summed E-state index contributed by atoms with van der Waals surface area (Å²) in [7, 11) is -2.57. The molecule has 0 amide bonds. The van der Waals surface area contributed by atoms with Crippen molar-refractivity contribution in [3.63, 3.8) is 0 Å². The van der Waals surface area contributed by atoms with Crippen LogP contribution in [0.3, 0.4) is 0 Å². The summed E-state index contributed by atoms with van der Waals surface area (Å²) in [6, 6.07) is 14.7. The molecular weight excluding hydrogens is 255 g/mol. The molecule has 0 radical (unpaired) electrons. The van der Waals surface area contributed by atoms with Gasteiger partial charge in [-0.05, 0) is 55.0 Å². The Bertz CT molecular complexity index is 541. The molecule has 0 bridgehead atoms. The molecule has 100 valence electrons. The van der Waals surface area contributed by atoms with E-state index in [4.69, 9.17) is 11.5 Å². The molecule has 0 aliphatic carbocycles. The first-order valence-corrected chi connectivity index (χ1v) is 8.27. The number of nitrogens with two attached hydrogens (primary N) is 2. The van der Waals surface area contributed by atoms with Crippen LogP contribution in [0.5, 0.6) is 0 Å². The molecule has 0 fully saturated rings. The number of anilines is 2. The number of nitrogen functional groups attached to an aromatic ring is 2. The maximum atomic E-state index is 13.4. The molecule has 0 saturated heterocycles. The molecule has 0 unspecified atom stereocenters. The fraction of sp³-hybridized carbons (Fsp3) is 0.200. The van der Waals surface area contributed by atoms with Crippen LogP contribution in [-0.2, 0) is 4.57 Å². The highest BCUT2D eigenvalue weighted by atomic mass is 31.2. The van der Waals surface area contributed by atoms with Crippen LogP contribution in [0, 0.1) is 0 Å². The lowest BCUT2D eigenvalue weighted by atomic mass is 10.3. The van der Waals surface area contributed by atoms with Crippen molar-refractivity contribution in [1.82, 2.24) is 0 Å². The summed E-state index contributed by atoms with van der Waals surface area (Å²) in [5, 5.41) is 1.71. The van der Waals surface area contributed by atoms with Gasteiger partial charge in [0, 0.05) is 28.1 Å². The Kier molecular flexibility index (Phi) is 3.96. The van der Waals surface area contributed by atoms with Gasteiger partial charge >= 0.3 is 0 Å². The van der Waals surface area contributed by atoms with Gasteiger partial charge in [0.25, 0.3) is 0 Å². The van der Waals surface area contributed by atoms with E-state index in [9.17, 15) is 4.57 Å². The van der Waals surface area contributed by atoms with E-state index in [0.29, 0.717) is 17.5 Å². The van der Waals surface area contributed by atoms with Gasteiger partial charge in [-0.2, -0.15) is 0 Å². The van der Waals surface area contributed by atoms with Crippen LogP contribution in [0.4, 0.5) is 11.4 Å². The molecule has 0 aromatic heterocycles. The molecule has 2 aromatic carbocycles. The third-order valence-corrected chi connectivity index (χ3v) is 6.50. The quantitative estimate of drug-likeness (QED) is 0.665. The van der Waals surface area contributed by atoms with Crippen molar-refractivity contribution in [1.29, 1.82) is 0 Å². The van der Waals surface area contributed by atoms with Crippen LogP contribution in [0.2, 0.25) is 0 Å². The highest BCUT2D eigenvalue weighted by Gasteiger charge is 2.25. The fourth-order valence-corrected chi connectivity index (χ4v) is 4.86. The van der Waals surface area contributed by atoms with Crippen molar-refractivity contribution in [3.8, 4) is 0 Å². The highest BCUT2D eigenvalue weighted by Crippen LogP contribution is 2.44. The van der Waals surface area contributed by atoms with Crippen LogP contribution in [-0.4, -0.2) is 6.16 Å². The molecule has 2 aromatic rings. The third-order valence-electron chi connectivity index (χ3n) is 3.16. The minimum atomic E-state index is -2.57. The molecule has 0 atom stereocenters. The normalized spacial score (nSPS) is 11.4. The first-order valence-electron chi connectivity index (χ1n) is 6.37. The van der Waals surface area contributed by atoms with Crippen molar-refractivity contribution in [2.24, 2.45) is 0 Å². The zero-order valence-corrected chi connectivity index (χ0v) is 11.9. The Morgan fingerprint density at radius 2 is 1.21 bits per heavy atom. The van der Waals surface area contributed by atoms with Gasteiger partial charge in [-0.3, -0.25) is 0 Å². The zero-order chi connectivity index (χ0) is 13.9. The maximum absolute atomic E-state index is 13.4. The molecule has 0 heterocycles. The number of benzene rings is 2. The largest absolute Gasteiger partial charge is 0.399 e. The van der Waals surface area contributed by atoms with Gasteiger partial charge in [0.2, 0.25) is 0 Å². The summed E-state index contributed by atoms with van der Waals surface area (Å²) in [5.41, 5.74) is 12.8. The van der Waals surface area contributed by atoms with Gasteiger partial charge in [0.1, 0.15) is 7.14 Å². The minimum Gasteiger partial charge on any atom is -0.399 e. The van der Waals surface area contributed by atoms with Crippen LogP contribution >= 0.6 is 7.14 Å². The Morgan fingerprint density at radius 3 is 1.53 bits per heavy atom. The Balaban J connectivity index is 2.51. The molecule has 2 rings (SSSR count). The van der Waals surface area contributed by atoms with E-state index >= 15 is 0 Å². The van der Waals surface area contributed by atoms with Crippen LogP contribution in [0.15, 0.2) is 48.5 Å². The fourth-order valence-electron chi connectivity index (χ4n) is 2.15.